The summed E-state index contributed by atoms with van der Waals surface area (Å²) in [6.07, 6.45) is 0. The molecule has 0 fully saturated rings. The highest BCUT2D eigenvalue weighted by molar-refractivity contribution is 5.99. The number of amides is 3. The van der Waals surface area contributed by atoms with Crippen molar-refractivity contribution in [3.8, 4) is 0 Å². The highest BCUT2D eigenvalue weighted by Gasteiger charge is 2.25. The molecule has 1 rings (SSSR count). The number of hydrogen-bond acceptors (Lipinski definition) is 3. The molecule has 1 aromatic carbocycles. The van der Waals surface area contributed by atoms with Gasteiger partial charge in [0.25, 0.3) is 5.91 Å². The van der Waals surface area contributed by atoms with Crippen molar-refractivity contribution in [2.24, 2.45) is 5.41 Å². The van der Waals surface area contributed by atoms with E-state index in [1.165, 1.54) is 0 Å². The molecule has 0 radical (unpaired) electrons. The molecule has 0 heterocycles. The van der Waals surface area contributed by atoms with Gasteiger partial charge in [-0.05, 0) is 39.0 Å². The first-order valence-electron chi connectivity index (χ1n) is 8.61. The molecule has 0 aliphatic rings. The first-order chi connectivity index (χ1) is 11.6. The van der Waals surface area contributed by atoms with Gasteiger partial charge in [-0.15, -0.1) is 0 Å². The van der Waals surface area contributed by atoms with Crippen LogP contribution in [0, 0.1) is 5.41 Å². The average Bonchev–Trinajstić information content (AvgIpc) is 2.55. The van der Waals surface area contributed by atoms with Crippen LogP contribution >= 0.6 is 0 Å². The number of benzene rings is 1. The zero-order valence-corrected chi connectivity index (χ0v) is 16.0. The number of nitrogens with zero attached hydrogens (tertiary/aromatic N) is 1. The van der Waals surface area contributed by atoms with Crippen LogP contribution in [0.4, 0.5) is 5.69 Å². The van der Waals surface area contributed by atoms with E-state index in [1.807, 2.05) is 13.8 Å². The molecule has 6 nitrogen and oxygen atoms in total. The molecular formula is C19H29N3O3. The van der Waals surface area contributed by atoms with E-state index in [0.29, 0.717) is 24.3 Å². The van der Waals surface area contributed by atoms with Gasteiger partial charge in [0, 0.05) is 29.8 Å². The maximum atomic E-state index is 12.4. The van der Waals surface area contributed by atoms with Crippen molar-refractivity contribution in [1.29, 1.82) is 0 Å². The van der Waals surface area contributed by atoms with Gasteiger partial charge >= 0.3 is 0 Å². The van der Waals surface area contributed by atoms with Crippen LogP contribution in [-0.4, -0.2) is 41.8 Å². The minimum Gasteiger partial charge on any atom is -0.344 e. The lowest BCUT2D eigenvalue weighted by molar-refractivity contribution is -0.131. The van der Waals surface area contributed by atoms with Gasteiger partial charge in [0.05, 0.1) is 0 Å². The standard InChI is InChI=1S/C19H29N3O3/c1-7-22(8-2)17(24)14-10-9-11-15(12-14)21-16(23)13(3)20-18(25)19(4,5)6/h9-13H,7-8H2,1-6H3,(H,20,25)(H,21,23). The molecule has 0 saturated heterocycles. The second kappa shape index (κ2) is 8.65. The van der Waals surface area contributed by atoms with Gasteiger partial charge in [0.2, 0.25) is 11.8 Å². The van der Waals surface area contributed by atoms with Crippen LogP contribution in [0.1, 0.15) is 51.9 Å². The fourth-order valence-corrected chi connectivity index (χ4v) is 2.15. The van der Waals surface area contributed by atoms with E-state index in [4.69, 9.17) is 0 Å². The maximum absolute atomic E-state index is 12.4. The first kappa shape index (κ1) is 20.7. The van der Waals surface area contributed by atoms with Crippen LogP contribution in [0.3, 0.4) is 0 Å². The summed E-state index contributed by atoms with van der Waals surface area (Å²) >= 11 is 0. The van der Waals surface area contributed by atoms with Gasteiger partial charge in [-0.1, -0.05) is 26.8 Å². The lowest BCUT2D eigenvalue weighted by Gasteiger charge is -2.22. The topological polar surface area (TPSA) is 78.5 Å². The summed E-state index contributed by atoms with van der Waals surface area (Å²) in [5.41, 5.74) is 0.484. The van der Waals surface area contributed by atoms with Crippen LogP contribution in [0.25, 0.3) is 0 Å². The molecule has 3 amide bonds. The second-order valence-corrected chi connectivity index (χ2v) is 6.99. The molecule has 0 saturated carbocycles. The van der Waals surface area contributed by atoms with E-state index in [0.717, 1.165) is 0 Å². The molecule has 1 atom stereocenters. The van der Waals surface area contributed by atoms with Crippen LogP contribution < -0.4 is 10.6 Å². The predicted molar refractivity (Wildman–Crippen MR) is 99.4 cm³/mol. The number of anilines is 1. The third kappa shape index (κ3) is 5.89. The van der Waals surface area contributed by atoms with Gasteiger partial charge in [0.15, 0.2) is 0 Å². The quantitative estimate of drug-likeness (QED) is 0.830. The highest BCUT2D eigenvalue weighted by Crippen LogP contribution is 2.15. The first-order valence-corrected chi connectivity index (χ1v) is 8.61. The van der Waals surface area contributed by atoms with Gasteiger partial charge in [-0.3, -0.25) is 14.4 Å². The summed E-state index contributed by atoms with van der Waals surface area (Å²) in [4.78, 5) is 38.4. The number of hydrogen-bond donors (Lipinski definition) is 2. The van der Waals surface area contributed by atoms with E-state index in [1.54, 1.807) is 56.9 Å². The van der Waals surface area contributed by atoms with E-state index < -0.39 is 11.5 Å². The molecule has 1 aromatic rings. The Morgan fingerprint density at radius 1 is 1.12 bits per heavy atom. The Balaban J connectivity index is 2.80. The summed E-state index contributed by atoms with van der Waals surface area (Å²) in [5, 5.41) is 5.43. The summed E-state index contributed by atoms with van der Waals surface area (Å²) in [5.74, 6) is -0.596. The molecule has 138 valence electrons. The van der Waals surface area contributed by atoms with Gasteiger partial charge in [-0.25, -0.2) is 0 Å². The van der Waals surface area contributed by atoms with Crippen molar-refractivity contribution in [2.75, 3.05) is 18.4 Å². The molecule has 6 heteroatoms. The monoisotopic (exact) mass is 347 g/mol. The van der Waals surface area contributed by atoms with E-state index in [-0.39, 0.29) is 17.7 Å². The van der Waals surface area contributed by atoms with Crippen molar-refractivity contribution in [3.63, 3.8) is 0 Å². The SMILES string of the molecule is CCN(CC)C(=O)c1cccc(NC(=O)C(C)NC(=O)C(C)(C)C)c1. The van der Waals surface area contributed by atoms with Crippen molar-refractivity contribution in [1.82, 2.24) is 10.2 Å². The molecule has 0 spiro atoms. The summed E-state index contributed by atoms with van der Waals surface area (Å²) in [6, 6.07) is 6.15. The lowest BCUT2D eigenvalue weighted by atomic mass is 9.95. The van der Waals surface area contributed by atoms with Crippen LogP contribution in [0.2, 0.25) is 0 Å². The molecule has 0 aliphatic heterocycles. The van der Waals surface area contributed by atoms with Gasteiger partial charge in [0.1, 0.15) is 6.04 Å². The Hall–Kier alpha value is -2.37. The Morgan fingerprint density at radius 3 is 2.24 bits per heavy atom. The number of carbonyl (C=O) groups excluding carboxylic acids is 3. The van der Waals surface area contributed by atoms with Crippen molar-refractivity contribution < 1.29 is 14.4 Å². The normalized spacial score (nSPS) is 12.2. The third-order valence-corrected chi connectivity index (χ3v) is 3.85. The largest absolute Gasteiger partial charge is 0.344 e. The minimum absolute atomic E-state index is 0.0739. The average molecular weight is 347 g/mol. The number of nitrogens with one attached hydrogen (secondary N) is 2. The second-order valence-electron chi connectivity index (χ2n) is 6.99. The van der Waals surface area contributed by atoms with E-state index in [9.17, 15) is 14.4 Å². The molecule has 0 aromatic heterocycles. The highest BCUT2D eigenvalue weighted by atomic mass is 16.2. The molecule has 2 N–H and O–H groups in total. The number of carbonyl (C=O) groups is 3. The molecule has 0 aliphatic carbocycles. The summed E-state index contributed by atoms with van der Waals surface area (Å²) < 4.78 is 0. The molecular weight excluding hydrogens is 318 g/mol. The van der Waals surface area contributed by atoms with Gasteiger partial charge < -0.3 is 15.5 Å². The Bertz CT molecular complexity index is 631. The zero-order chi connectivity index (χ0) is 19.2. The minimum atomic E-state index is -0.672. The predicted octanol–water partition coefficient (Wildman–Crippen LogP) is 2.66. The van der Waals surface area contributed by atoms with Gasteiger partial charge in [-0.2, -0.15) is 0 Å². The van der Waals surface area contributed by atoms with E-state index in [2.05, 4.69) is 10.6 Å². The fraction of sp³-hybridized carbons (Fsp3) is 0.526. The smallest absolute Gasteiger partial charge is 0.253 e. The zero-order valence-electron chi connectivity index (χ0n) is 16.0. The Labute approximate surface area is 150 Å². The van der Waals surface area contributed by atoms with Crippen LogP contribution in [-0.2, 0) is 9.59 Å². The van der Waals surface area contributed by atoms with Crippen molar-refractivity contribution in [2.45, 2.75) is 47.6 Å². The lowest BCUT2D eigenvalue weighted by Crippen LogP contribution is -2.46. The summed E-state index contributed by atoms with van der Waals surface area (Å²) in [6.45, 7) is 12.1. The summed E-state index contributed by atoms with van der Waals surface area (Å²) in [7, 11) is 0. The Morgan fingerprint density at radius 2 is 1.72 bits per heavy atom. The third-order valence-electron chi connectivity index (χ3n) is 3.85. The van der Waals surface area contributed by atoms with Crippen molar-refractivity contribution >= 4 is 23.4 Å². The van der Waals surface area contributed by atoms with Crippen molar-refractivity contribution in [3.05, 3.63) is 29.8 Å². The molecule has 25 heavy (non-hydrogen) atoms. The Kier molecular flexibility index (Phi) is 7.15. The maximum Gasteiger partial charge on any atom is 0.253 e. The van der Waals surface area contributed by atoms with Crippen LogP contribution in [0.15, 0.2) is 24.3 Å². The fourth-order valence-electron chi connectivity index (χ4n) is 2.15. The van der Waals surface area contributed by atoms with E-state index >= 15 is 0 Å². The molecule has 1 unspecified atom stereocenters. The van der Waals surface area contributed by atoms with Crippen LogP contribution in [0.5, 0.6) is 0 Å². The number of rotatable bonds is 6. The molecule has 0 bridgehead atoms.